The van der Waals surface area contributed by atoms with Gasteiger partial charge in [-0.05, 0) is 5.92 Å². The third-order valence-corrected chi connectivity index (χ3v) is 3.62. The van der Waals surface area contributed by atoms with E-state index < -0.39 is 0 Å². The zero-order valence-corrected chi connectivity index (χ0v) is 14.9. The predicted octanol–water partition coefficient (Wildman–Crippen LogP) is 4.99. The molecule has 2 aliphatic carbocycles. The van der Waals surface area contributed by atoms with Crippen molar-refractivity contribution in [1.29, 1.82) is 0 Å². The van der Waals surface area contributed by atoms with Crippen molar-refractivity contribution in [2.45, 2.75) is 19.8 Å². The Hall–Kier alpha value is -1.67. The topological polar surface area (TPSA) is 81.7 Å². The van der Waals surface area contributed by atoms with Crippen LogP contribution in [0.3, 0.4) is 0 Å². The molecule has 0 spiro atoms. The predicted molar refractivity (Wildman–Crippen MR) is 89.2 cm³/mol. The van der Waals surface area contributed by atoms with E-state index in [1.165, 1.54) is 12.8 Å². The summed E-state index contributed by atoms with van der Waals surface area (Å²) in [5.41, 5.74) is 14.6. The van der Waals surface area contributed by atoms with E-state index in [-0.39, 0.29) is 32.4 Å². The van der Waals surface area contributed by atoms with Gasteiger partial charge in [0.25, 0.3) is 0 Å². The Kier molecular flexibility index (Phi) is 14.3. The number of nitrogens with one attached hydrogen (secondary N) is 2. The number of allylic oxidation sites excluding steroid dienone is 4. The van der Waals surface area contributed by atoms with E-state index in [1.807, 2.05) is 0 Å². The molecule has 1 aromatic carbocycles. The number of carbonyl (C=O) groups excluding carboxylic acids is 2. The summed E-state index contributed by atoms with van der Waals surface area (Å²) < 4.78 is 0. The molecule has 0 bridgehead atoms. The van der Waals surface area contributed by atoms with E-state index in [9.17, 15) is 0 Å². The molecule has 3 rings (SSSR count). The standard InChI is InChI=1S/C10H13.C6H6N2.2CO.Mo/c1-8-6-7-9-4-2-3-5-10(8)9;7-5-3-1-2-4-6(5)8;2*1-2;/h2-5,9-10H,6-7H2,1H3;1-4,7-8H;;;/q-1;-2;2*-1;/t9?,10-;;;;/m0..../s1. The maximum Gasteiger partial charge on any atom is 0 e. The van der Waals surface area contributed by atoms with Crippen molar-refractivity contribution in [3.8, 4) is 0 Å². The minimum atomic E-state index is 0. The smallest absolute Gasteiger partial charge is 0 e. The van der Waals surface area contributed by atoms with Gasteiger partial charge < -0.3 is 40.6 Å². The molecule has 0 aromatic heterocycles. The fourth-order valence-corrected chi connectivity index (χ4v) is 2.50. The Morgan fingerprint density at radius 1 is 1.00 bits per heavy atom. The van der Waals surface area contributed by atoms with Crippen LogP contribution in [0.2, 0.25) is 0 Å². The van der Waals surface area contributed by atoms with Crippen molar-refractivity contribution in [2.24, 2.45) is 11.8 Å². The second kappa shape index (κ2) is 14.0. The summed E-state index contributed by atoms with van der Waals surface area (Å²) >= 11 is 0. The first-order valence-corrected chi connectivity index (χ1v) is 6.79. The van der Waals surface area contributed by atoms with Crippen molar-refractivity contribution in [3.63, 3.8) is 0 Å². The summed E-state index contributed by atoms with van der Waals surface area (Å²) in [5.74, 6) is 3.29. The van der Waals surface area contributed by atoms with E-state index in [0.29, 0.717) is 0 Å². The molecule has 124 valence electrons. The zero-order chi connectivity index (χ0) is 17.0. The second-order valence-electron chi connectivity index (χ2n) is 4.89. The van der Waals surface area contributed by atoms with Crippen LogP contribution in [0.15, 0.2) is 48.6 Å². The van der Waals surface area contributed by atoms with Gasteiger partial charge >= 0.3 is 0 Å². The van der Waals surface area contributed by atoms with Crippen LogP contribution in [-0.2, 0) is 30.7 Å². The summed E-state index contributed by atoms with van der Waals surface area (Å²) in [7, 11) is 0. The second-order valence-corrected chi connectivity index (χ2v) is 4.89. The van der Waals surface area contributed by atoms with Crippen LogP contribution in [0.1, 0.15) is 19.8 Å². The SMILES string of the molecule is C[C-]1CCC2C=CC=C[C@@H]12.[C-]=O.[C-]=O.[Mo].[NH-]c1ccccc1[NH-]. The summed E-state index contributed by atoms with van der Waals surface area (Å²) in [6.07, 6.45) is 11.8. The number of benzene rings is 1. The third-order valence-electron chi connectivity index (χ3n) is 3.62. The fraction of sp³-hybridized carbons (Fsp3) is 0.278. The van der Waals surface area contributed by atoms with Gasteiger partial charge in [-0.3, -0.25) is 0 Å². The number of hydrogen-bond donors (Lipinski definition) is 0. The number of hydrogen-bond acceptors (Lipinski definition) is 2. The van der Waals surface area contributed by atoms with Crippen LogP contribution in [-0.4, -0.2) is 13.6 Å². The first-order valence-electron chi connectivity index (χ1n) is 6.79. The van der Waals surface area contributed by atoms with Crippen molar-refractivity contribution in [2.75, 3.05) is 0 Å². The number of rotatable bonds is 0. The van der Waals surface area contributed by atoms with Gasteiger partial charge in [-0.2, -0.15) is 24.7 Å². The Bertz CT molecular complexity index is 469. The van der Waals surface area contributed by atoms with Gasteiger partial charge in [0.05, 0.1) is 0 Å². The molecular weight excluding hydrogens is 372 g/mol. The van der Waals surface area contributed by atoms with Crippen LogP contribution < -0.4 is 0 Å². The van der Waals surface area contributed by atoms with Crippen LogP contribution in [0.25, 0.3) is 11.5 Å². The molecule has 23 heavy (non-hydrogen) atoms. The van der Waals surface area contributed by atoms with Crippen LogP contribution in [0.4, 0.5) is 11.4 Å². The molecule has 1 unspecified atom stereocenters. The maximum absolute atomic E-state index is 7.50. The van der Waals surface area contributed by atoms with Gasteiger partial charge in [0, 0.05) is 21.1 Å². The molecule has 2 N–H and O–H groups in total. The molecule has 0 saturated heterocycles. The van der Waals surface area contributed by atoms with E-state index in [2.05, 4.69) is 44.8 Å². The summed E-state index contributed by atoms with van der Waals surface area (Å²) in [6, 6.07) is 6.70. The summed E-state index contributed by atoms with van der Waals surface area (Å²) in [5, 5.41) is 0. The van der Waals surface area contributed by atoms with E-state index in [0.717, 1.165) is 11.8 Å². The van der Waals surface area contributed by atoms with Crippen LogP contribution >= 0.6 is 0 Å². The van der Waals surface area contributed by atoms with Crippen molar-refractivity contribution < 1.29 is 30.7 Å². The average molecular weight is 391 g/mol. The van der Waals surface area contributed by atoms with Gasteiger partial charge in [-0.25, -0.2) is 0 Å². The minimum Gasteiger partial charge on any atom is -0.700 e. The van der Waals surface area contributed by atoms with Crippen molar-refractivity contribution in [1.82, 2.24) is 0 Å². The quantitative estimate of drug-likeness (QED) is 0.461. The van der Waals surface area contributed by atoms with E-state index >= 15 is 0 Å². The van der Waals surface area contributed by atoms with Gasteiger partial charge in [-0.1, -0.05) is 48.9 Å². The molecule has 0 amide bonds. The molecule has 1 saturated carbocycles. The molecule has 0 heterocycles. The van der Waals surface area contributed by atoms with Gasteiger partial charge in [0.2, 0.25) is 0 Å². The van der Waals surface area contributed by atoms with Crippen molar-refractivity contribution >= 4 is 25.0 Å². The van der Waals surface area contributed by atoms with E-state index in [4.69, 9.17) is 21.1 Å². The van der Waals surface area contributed by atoms with Gasteiger partial charge in [0.15, 0.2) is 0 Å². The van der Waals surface area contributed by atoms with Gasteiger partial charge in [0.1, 0.15) is 0 Å². The minimum absolute atomic E-state index is 0. The maximum atomic E-state index is 7.50. The molecule has 1 fully saturated rings. The number of fused-ring (bicyclic) bond motifs is 1. The zero-order valence-electron chi connectivity index (χ0n) is 12.9. The molecule has 1 aromatic rings. The fourth-order valence-electron chi connectivity index (χ4n) is 2.50. The Morgan fingerprint density at radius 2 is 1.48 bits per heavy atom. The summed E-state index contributed by atoms with van der Waals surface area (Å²) in [6.45, 7) is 11.3. The molecular formula is C18H19MoN2O2-5. The van der Waals surface area contributed by atoms with Crippen LogP contribution in [0.5, 0.6) is 0 Å². The first kappa shape index (κ1) is 23.6. The molecule has 2 aliphatic rings. The van der Waals surface area contributed by atoms with E-state index in [1.54, 1.807) is 30.2 Å². The molecule has 0 aliphatic heterocycles. The molecule has 2 atom stereocenters. The molecule has 2 radical (unpaired) electrons. The molecule has 4 nitrogen and oxygen atoms in total. The average Bonchev–Trinajstić information content (AvgIpc) is 2.97. The Labute approximate surface area is 153 Å². The van der Waals surface area contributed by atoms with Crippen LogP contribution in [0, 0.1) is 17.8 Å². The Morgan fingerprint density at radius 3 is 1.91 bits per heavy atom. The first-order chi connectivity index (χ1) is 10.7. The normalized spacial score (nSPS) is 20.2. The van der Waals surface area contributed by atoms with Crippen molar-refractivity contribution in [3.05, 3.63) is 66.0 Å². The summed E-state index contributed by atoms with van der Waals surface area (Å²) in [4.78, 5) is 15.0. The largest absolute Gasteiger partial charge is 0.700 e. The van der Waals surface area contributed by atoms with Gasteiger partial charge in [-0.15, -0.1) is 12.0 Å². The Balaban J connectivity index is 0. The monoisotopic (exact) mass is 393 g/mol. The third kappa shape index (κ3) is 7.94. The molecule has 5 heteroatoms.